The number of primary amides is 1. The van der Waals surface area contributed by atoms with Crippen LogP contribution in [0.25, 0.3) is 0 Å². The van der Waals surface area contributed by atoms with E-state index in [9.17, 15) is 9.18 Å². The molecule has 1 amide bonds. The van der Waals surface area contributed by atoms with Crippen molar-refractivity contribution in [2.75, 3.05) is 19.8 Å². The van der Waals surface area contributed by atoms with Crippen molar-refractivity contribution in [3.05, 3.63) is 35.1 Å². The molecular weight excluding hydrogens is 355 g/mol. The molecule has 6 heteroatoms. The first-order valence-corrected chi connectivity index (χ1v) is 9.93. The van der Waals surface area contributed by atoms with E-state index >= 15 is 0 Å². The van der Waals surface area contributed by atoms with E-state index in [0.717, 1.165) is 12.5 Å². The van der Waals surface area contributed by atoms with Gasteiger partial charge in [-0.3, -0.25) is 4.79 Å². The molecule has 0 aromatic heterocycles. The zero-order valence-electron chi connectivity index (χ0n) is 15.3. The van der Waals surface area contributed by atoms with Crippen LogP contribution in [0.2, 0.25) is 5.02 Å². The number of benzene rings is 1. The van der Waals surface area contributed by atoms with Crippen molar-refractivity contribution in [2.24, 2.45) is 11.7 Å². The minimum absolute atomic E-state index is 0.213. The molecule has 146 valence electrons. The maximum atomic E-state index is 12.0. The first kappa shape index (κ1) is 21.1. The van der Waals surface area contributed by atoms with Gasteiger partial charge >= 0.3 is 0 Å². The Balaban J connectivity index is 0.000000254. The van der Waals surface area contributed by atoms with Gasteiger partial charge in [-0.2, -0.15) is 0 Å². The largest absolute Gasteiger partial charge is 0.381 e. The van der Waals surface area contributed by atoms with Gasteiger partial charge in [0.2, 0.25) is 5.91 Å². The Kier molecular flexibility index (Phi) is 8.82. The van der Waals surface area contributed by atoms with Gasteiger partial charge in [-0.15, -0.1) is 0 Å². The highest BCUT2D eigenvalue weighted by Gasteiger charge is 2.37. The second-order valence-electron chi connectivity index (χ2n) is 7.21. The number of hydrogen-bond acceptors (Lipinski definition) is 3. The Morgan fingerprint density at radius 1 is 1.19 bits per heavy atom. The average molecular weight is 385 g/mol. The van der Waals surface area contributed by atoms with Gasteiger partial charge in [0.05, 0.1) is 0 Å². The molecule has 1 aromatic carbocycles. The molecule has 0 atom stereocenters. The van der Waals surface area contributed by atoms with Crippen molar-refractivity contribution in [1.82, 2.24) is 5.32 Å². The molecule has 1 heterocycles. The minimum atomic E-state index is -0.507. The summed E-state index contributed by atoms with van der Waals surface area (Å²) in [6.07, 6.45) is 9.46. The van der Waals surface area contributed by atoms with Crippen LogP contribution in [0.5, 0.6) is 0 Å². The van der Waals surface area contributed by atoms with Gasteiger partial charge in [0.15, 0.2) is 0 Å². The van der Waals surface area contributed by atoms with E-state index in [4.69, 9.17) is 22.1 Å². The number of ether oxygens (including phenoxy) is 1. The maximum Gasteiger partial charge on any atom is 0.237 e. The van der Waals surface area contributed by atoms with E-state index in [1.54, 1.807) is 0 Å². The third-order valence-electron chi connectivity index (χ3n) is 5.36. The zero-order chi connectivity index (χ0) is 18.8. The van der Waals surface area contributed by atoms with Crippen LogP contribution in [-0.4, -0.2) is 31.2 Å². The number of halogens is 2. The van der Waals surface area contributed by atoms with Crippen LogP contribution >= 0.6 is 11.6 Å². The average Bonchev–Trinajstić information content (AvgIpc) is 2.66. The number of nitrogens with two attached hydrogens (primary N) is 1. The van der Waals surface area contributed by atoms with Gasteiger partial charge in [-0.05, 0) is 56.0 Å². The van der Waals surface area contributed by atoms with Crippen LogP contribution in [-0.2, 0) is 9.53 Å². The summed E-state index contributed by atoms with van der Waals surface area (Å²) in [5, 5.41) is 3.99. The molecule has 1 saturated heterocycles. The summed E-state index contributed by atoms with van der Waals surface area (Å²) in [5.74, 6) is 0.375. The Labute approximate surface area is 160 Å². The normalized spacial score (nSPS) is 20.1. The summed E-state index contributed by atoms with van der Waals surface area (Å²) in [4.78, 5) is 11.7. The molecule has 0 unspecified atom stereocenters. The third-order valence-corrected chi connectivity index (χ3v) is 5.61. The van der Waals surface area contributed by atoms with Crippen molar-refractivity contribution in [3.8, 4) is 0 Å². The van der Waals surface area contributed by atoms with Crippen LogP contribution < -0.4 is 11.1 Å². The van der Waals surface area contributed by atoms with Crippen molar-refractivity contribution in [3.63, 3.8) is 0 Å². The number of hydrogen-bond donors (Lipinski definition) is 2. The van der Waals surface area contributed by atoms with Crippen LogP contribution in [0, 0.1) is 11.7 Å². The molecule has 1 aliphatic carbocycles. The van der Waals surface area contributed by atoms with E-state index in [1.165, 1.54) is 62.8 Å². The summed E-state index contributed by atoms with van der Waals surface area (Å²) >= 11 is 5.44. The summed E-state index contributed by atoms with van der Waals surface area (Å²) in [7, 11) is 0. The summed E-state index contributed by atoms with van der Waals surface area (Å²) in [5.41, 5.74) is 5.06. The summed E-state index contributed by atoms with van der Waals surface area (Å²) in [6.45, 7) is 2.19. The molecule has 3 rings (SSSR count). The first-order chi connectivity index (χ1) is 12.5. The van der Waals surface area contributed by atoms with Gasteiger partial charge in [0.25, 0.3) is 0 Å². The molecule has 26 heavy (non-hydrogen) atoms. The van der Waals surface area contributed by atoms with Crippen molar-refractivity contribution < 1.29 is 13.9 Å². The van der Waals surface area contributed by atoms with Crippen molar-refractivity contribution in [1.29, 1.82) is 0 Å². The number of nitrogens with one attached hydrogen (secondary N) is 1. The first-order valence-electron chi connectivity index (χ1n) is 9.55. The molecule has 1 aromatic rings. The highest BCUT2D eigenvalue weighted by molar-refractivity contribution is 6.30. The van der Waals surface area contributed by atoms with E-state index in [-0.39, 0.29) is 11.7 Å². The molecule has 0 bridgehead atoms. The molecule has 2 aliphatic rings. The van der Waals surface area contributed by atoms with Crippen LogP contribution in [0.1, 0.15) is 51.4 Å². The maximum absolute atomic E-state index is 12.0. The van der Waals surface area contributed by atoms with Crippen LogP contribution in [0.15, 0.2) is 24.3 Å². The van der Waals surface area contributed by atoms with E-state index in [0.29, 0.717) is 31.1 Å². The predicted octanol–water partition coefficient (Wildman–Crippen LogP) is 4.06. The number of carbonyl (C=O) groups excluding carboxylic acids is 1. The van der Waals surface area contributed by atoms with E-state index in [1.807, 2.05) is 0 Å². The Bertz CT molecular complexity index is 520. The second-order valence-corrected chi connectivity index (χ2v) is 7.65. The lowest BCUT2D eigenvalue weighted by Crippen LogP contribution is -2.58. The lowest BCUT2D eigenvalue weighted by Gasteiger charge is -2.35. The van der Waals surface area contributed by atoms with E-state index < -0.39 is 5.54 Å². The lowest BCUT2D eigenvalue weighted by atomic mass is 9.85. The topological polar surface area (TPSA) is 64.4 Å². The quantitative estimate of drug-likeness (QED) is 0.804. The molecular formula is C20H30ClFN2O2. The Hall–Kier alpha value is -1.17. The van der Waals surface area contributed by atoms with Crippen LogP contribution in [0.3, 0.4) is 0 Å². The number of rotatable bonds is 5. The molecule has 3 N–H and O–H groups in total. The van der Waals surface area contributed by atoms with Gasteiger partial charge in [-0.25, -0.2) is 4.39 Å². The van der Waals surface area contributed by atoms with Gasteiger partial charge in [-0.1, -0.05) is 43.7 Å². The molecule has 4 nitrogen and oxygen atoms in total. The third kappa shape index (κ3) is 6.86. The van der Waals surface area contributed by atoms with Crippen molar-refractivity contribution in [2.45, 2.75) is 56.9 Å². The van der Waals surface area contributed by atoms with E-state index in [2.05, 4.69) is 5.32 Å². The fourth-order valence-corrected chi connectivity index (χ4v) is 3.78. The van der Waals surface area contributed by atoms with Gasteiger partial charge in [0.1, 0.15) is 11.4 Å². The number of carbonyl (C=O) groups is 1. The molecule has 1 aliphatic heterocycles. The Morgan fingerprint density at radius 2 is 1.81 bits per heavy atom. The second kappa shape index (κ2) is 10.9. The van der Waals surface area contributed by atoms with Gasteiger partial charge in [0, 0.05) is 18.2 Å². The Morgan fingerprint density at radius 3 is 2.35 bits per heavy atom. The molecule has 1 saturated carbocycles. The fourth-order valence-electron chi connectivity index (χ4n) is 3.65. The van der Waals surface area contributed by atoms with Crippen LogP contribution in [0.4, 0.5) is 4.39 Å². The fraction of sp³-hybridized carbons (Fsp3) is 0.650. The minimum Gasteiger partial charge on any atom is -0.381 e. The lowest BCUT2D eigenvalue weighted by molar-refractivity contribution is -0.128. The molecule has 2 fully saturated rings. The number of amides is 1. The molecule has 0 radical (unpaired) electrons. The van der Waals surface area contributed by atoms with Gasteiger partial charge < -0.3 is 15.8 Å². The van der Waals surface area contributed by atoms with Crippen molar-refractivity contribution >= 4 is 17.5 Å². The summed E-state index contributed by atoms with van der Waals surface area (Å²) < 4.78 is 17.4. The standard InChI is InChI=1S/C14H26N2O2.C6H4ClF/c15-13(17)14(7-10-18-11-8-14)16-9-6-12-4-2-1-3-5-12;7-5-1-3-6(8)4-2-5/h12,16H,1-11H2,(H2,15,17);1-4H. The SMILES string of the molecule is Fc1ccc(Cl)cc1.NC(=O)C1(NCCC2CCCCC2)CCOCC1. The highest BCUT2D eigenvalue weighted by Crippen LogP contribution is 2.27. The monoisotopic (exact) mass is 384 g/mol. The summed E-state index contributed by atoms with van der Waals surface area (Å²) in [6, 6.07) is 5.67. The molecule has 0 spiro atoms. The predicted molar refractivity (Wildman–Crippen MR) is 103 cm³/mol. The smallest absolute Gasteiger partial charge is 0.237 e. The zero-order valence-corrected chi connectivity index (χ0v) is 16.1. The highest BCUT2D eigenvalue weighted by atomic mass is 35.5.